The van der Waals surface area contributed by atoms with Gasteiger partial charge in [0, 0.05) is 60.8 Å². The molecule has 13 rings (SSSR count). The van der Waals surface area contributed by atoms with Crippen LogP contribution in [0.5, 0.6) is 0 Å². The van der Waals surface area contributed by atoms with Crippen molar-refractivity contribution in [3.8, 4) is 39.3 Å². The van der Waals surface area contributed by atoms with E-state index in [0.717, 1.165) is 45.2 Å². The van der Waals surface area contributed by atoms with Crippen molar-refractivity contribution in [2.75, 3.05) is 4.90 Å². The minimum atomic E-state index is -0.294. The van der Waals surface area contributed by atoms with Gasteiger partial charge >= 0.3 is 6.85 Å². The van der Waals surface area contributed by atoms with Crippen LogP contribution in [0.2, 0.25) is 0 Å². The molecule has 2 aliphatic rings. The summed E-state index contributed by atoms with van der Waals surface area (Å²) in [6, 6.07) is 64.1. The molecule has 0 spiro atoms. The fourth-order valence-electron chi connectivity index (χ4n) is 12.2. The lowest BCUT2D eigenvalue weighted by Crippen LogP contribution is -2.56. The third-order valence-electron chi connectivity index (χ3n) is 16.1. The highest BCUT2D eigenvalue weighted by Gasteiger charge is 2.48. The molecule has 0 N–H and O–H groups in total. The van der Waals surface area contributed by atoms with E-state index in [9.17, 15) is 0 Å². The lowest BCUT2D eigenvalue weighted by molar-refractivity contribution is 0.589. The highest BCUT2D eigenvalue weighted by Crippen LogP contribution is 2.54. The van der Waals surface area contributed by atoms with Crippen LogP contribution < -0.4 is 16.0 Å². The SMILES string of the molecule is CC(C)(C)c1ccc(N2c3cc(C(C)(C)C)cc4c3B(c3oc(-c5ccccc5)c(-c5ccccc5)c32)n2c3ccc5c(c6cc(C(C)(C)C)ccc6n5-c5ccccc5)c3c3cc(C(C)(C)C)cc-4c32)cc1. The maximum absolute atomic E-state index is 7.80. The van der Waals surface area contributed by atoms with E-state index in [2.05, 4.69) is 267 Å². The zero-order chi connectivity index (χ0) is 50.7. The van der Waals surface area contributed by atoms with Crippen molar-refractivity contribution in [2.24, 2.45) is 0 Å². The van der Waals surface area contributed by atoms with Crippen molar-refractivity contribution in [1.29, 1.82) is 0 Å². The first kappa shape index (κ1) is 45.4. The summed E-state index contributed by atoms with van der Waals surface area (Å²) in [6.45, 7) is 27.8. The Labute approximate surface area is 431 Å². The summed E-state index contributed by atoms with van der Waals surface area (Å²) in [7, 11) is 0. The van der Waals surface area contributed by atoms with E-state index in [1.165, 1.54) is 88.1 Å². The van der Waals surface area contributed by atoms with Crippen LogP contribution >= 0.6 is 0 Å². The predicted molar refractivity (Wildman–Crippen MR) is 312 cm³/mol. The highest BCUT2D eigenvalue weighted by molar-refractivity contribution is 6.89. The Hall–Kier alpha value is -7.50. The second kappa shape index (κ2) is 15.5. The lowest BCUT2D eigenvalue weighted by Gasteiger charge is -2.40. The molecule has 0 saturated carbocycles. The number of hydrogen-bond donors (Lipinski definition) is 0. The number of rotatable bonds is 4. The van der Waals surface area contributed by atoms with Gasteiger partial charge in [0.05, 0.1) is 22.3 Å². The molecule has 0 saturated heterocycles. The Balaban J connectivity index is 1.25. The molecular formula is C68H64BN3O. The van der Waals surface area contributed by atoms with Crippen LogP contribution in [-0.2, 0) is 21.7 Å². The molecule has 2 aliphatic heterocycles. The molecule has 0 bridgehead atoms. The van der Waals surface area contributed by atoms with E-state index >= 15 is 0 Å². The summed E-state index contributed by atoms with van der Waals surface area (Å²) in [4.78, 5) is 2.56. The summed E-state index contributed by atoms with van der Waals surface area (Å²) < 4.78 is 13.0. The molecule has 5 heterocycles. The van der Waals surface area contributed by atoms with Gasteiger partial charge in [-0.2, -0.15) is 0 Å². The van der Waals surface area contributed by atoms with Gasteiger partial charge in [-0.3, -0.25) is 0 Å². The molecule has 11 aromatic rings. The molecule has 5 heteroatoms. The second-order valence-corrected chi connectivity index (χ2v) is 25.0. The summed E-state index contributed by atoms with van der Waals surface area (Å²) in [5.41, 5.74) is 22.4. The van der Waals surface area contributed by atoms with E-state index in [-0.39, 0.29) is 28.5 Å². The smallest absolute Gasteiger partial charge is 0.375 e. The van der Waals surface area contributed by atoms with Crippen molar-refractivity contribution in [1.82, 2.24) is 9.05 Å². The van der Waals surface area contributed by atoms with Gasteiger partial charge in [0.1, 0.15) is 11.4 Å². The number of furan rings is 1. The predicted octanol–water partition coefficient (Wildman–Crippen LogP) is 17.4. The maximum Gasteiger partial charge on any atom is 0.375 e. The average molecular weight is 950 g/mol. The van der Waals surface area contributed by atoms with Gasteiger partial charge in [-0.15, -0.1) is 0 Å². The van der Waals surface area contributed by atoms with E-state index in [4.69, 9.17) is 4.42 Å². The number of benzene rings is 8. The average Bonchev–Trinajstić information content (AvgIpc) is 4.03. The van der Waals surface area contributed by atoms with Crippen molar-refractivity contribution in [3.63, 3.8) is 0 Å². The zero-order valence-corrected chi connectivity index (χ0v) is 44.5. The van der Waals surface area contributed by atoms with Gasteiger partial charge in [0.25, 0.3) is 0 Å². The minimum Gasteiger partial charge on any atom is -0.465 e. The second-order valence-electron chi connectivity index (χ2n) is 25.0. The zero-order valence-electron chi connectivity index (χ0n) is 44.5. The normalized spacial score (nSPS) is 13.7. The number of nitrogens with zero attached hydrogens (tertiary/aromatic N) is 3. The van der Waals surface area contributed by atoms with Gasteiger partial charge in [-0.05, 0) is 127 Å². The maximum atomic E-state index is 7.80. The fraction of sp³-hybridized carbons (Fsp3) is 0.235. The Morgan fingerprint density at radius 1 is 0.425 bits per heavy atom. The number of hydrogen-bond acceptors (Lipinski definition) is 2. The molecule has 73 heavy (non-hydrogen) atoms. The molecular weight excluding hydrogens is 886 g/mol. The summed E-state index contributed by atoms with van der Waals surface area (Å²) in [5, 5.41) is 5.13. The largest absolute Gasteiger partial charge is 0.465 e. The van der Waals surface area contributed by atoms with Crippen LogP contribution in [0.25, 0.3) is 82.9 Å². The van der Waals surface area contributed by atoms with Crippen LogP contribution in [0, 0.1) is 0 Å². The Morgan fingerprint density at radius 3 is 1.58 bits per heavy atom. The quantitative estimate of drug-likeness (QED) is 0.164. The van der Waals surface area contributed by atoms with Crippen LogP contribution in [0.15, 0.2) is 174 Å². The molecule has 8 aromatic carbocycles. The molecule has 0 unspecified atom stereocenters. The minimum absolute atomic E-state index is 0.00419. The molecule has 0 atom stereocenters. The van der Waals surface area contributed by atoms with Crippen molar-refractivity contribution in [3.05, 3.63) is 192 Å². The van der Waals surface area contributed by atoms with Crippen molar-refractivity contribution >= 4 is 78.6 Å². The first-order chi connectivity index (χ1) is 34.8. The van der Waals surface area contributed by atoms with Gasteiger partial charge in [0.15, 0.2) is 0 Å². The van der Waals surface area contributed by atoms with Crippen molar-refractivity contribution < 1.29 is 4.42 Å². The molecule has 0 fully saturated rings. The molecule has 0 amide bonds. The molecule has 0 radical (unpaired) electrons. The third kappa shape index (κ3) is 6.80. The lowest BCUT2D eigenvalue weighted by atomic mass is 9.47. The van der Waals surface area contributed by atoms with E-state index in [0.29, 0.717) is 0 Å². The monoisotopic (exact) mass is 950 g/mol. The molecule has 0 aliphatic carbocycles. The molecule has 3 aromatic heterocycles. The highest BCUT2D eigenvalue weighted by atomic mass is 16.3. The molecule has 360 valence electrons. The first-order valence-electron chi connectivity index (χ1n) is 26.3. The van der Waals surface area contributed by atoms with Gasteiger partial charge in [-0.25, -0.2) is 0 Å². The molecule has 4 nitrogen and oxygen atoms in total. The van der Waals surface area contributed by atoms with E-state index in [1.807, 2.05) is 0 Å². The van der Waals surface area contributed by atoms with Gasteiger partial charge in [-0.1, -0.05) is 186 Å². The number of fused-ring (bicyclic) bond motifs is 11. The van der Waals surface area contributed by atoms with Crippen LogP contribution in [0.1, 0.15) is 105 Å². The summed E-state index contributed by atoms with van der Waals surface area (Å²) in [6.07, 6.45) is 0. The topological polar surface area (TPSA) is 26.2 Å². The van der Waals surface area contributed by atoms with Crippen LogP contribution in [0.3, 0.4) is 0 Å². The number of anilines is 3. The van der Waals surface area contributed by atoms with E-state index < -0.39 is 0 Å². The number of para-hydroxylation sites is 1. The fourth-order valence-corrected chi connectivity index (χ4v) is 12.2. The van der Waals surface area contributed by atoms with Crippen molar-refractivity contribution in [2.45, 2.75) is 105 Å². The Bertz CT molecular complexity index is 4030. The van der Waals surface area contributed by atoms with Gasteiger partial charge in [0.2, 0.25) is 0 Å². The van der Waals surface area contributed by atoms with Crippen LogP contribution in [0.4, 0.5) is 17.1 Å². The van der Waals surface area contributed by atoms with E-state index in [1.54, 1.807) is 0 Å². The van der Waals surface area contributed by atoms with Gasteiger partial charge < -0.3 is 18.4 Å². The summed E-state index contributed by atoms with van der Waals surface area (Å²) in [5.74, 6) is 0.878. The Kier molecular flexibility index (Phi) is 9.64. The number of aromatic nitrogens is 2. The van der Waals surface area contributed by atoms with Crippen LogP contribution in [-0.4, -0.2) is 15.9 Å². The Morgan fingerprint density at radius 2 is 0.945 bits per heavy atom. The third-order valence-corrected chi connectivity index (χ3v) is 16.1. The first-order valence-corrected chi connectivity index (χ1v) is 26.3. The standard InChI is InChI=1S/C68H64BN3O/c1-65(2,3)43-28-31-48(32-29-43)71-56-40-46(68(10,11)12)37-49-50-38-45(67(7,8)9)39-52-59-55(35-34-54-58(59)51-36-44(66(4,5)6)30-33-53(51)70(54)47-26-20-15-21-27-47)72(61(50)52)69(60(49)56)64-62(71)57(41-22-16-13-17-23-41)63(73-64)42-24-18-14-19-25-42/h13-40H,1-12H3. The summed E-state index contributed by atoms with van der Waals surface area (Å²) >= 11 is 0.